The Labute approximate surface area is 411 Å². The topological polar surface area (TPSA) is 61.4 Å². The van der Waals surface area contributed by atoms with Crippen LogP contribution in [0.15, 0.2) is 231 Å². The van der Waals surface area contributed by atoms with Gasteiger partial charge in [-0.25, -0.2) is 19.9 Å². The average Bonchev–Trinajstić information content (AvgIpc) is 4.13. The van der Waals surface area contributed by atoms with Crippen molar-refractivity contribution in [1.82, 2.24) is 29.1 Å². The van der Waals surface area contributed by atoms with Crippen LogP contribution in [0, 0.1) is 0 Å². The summed E-state index contributed by atoms with van der Waals surface area (Å²) in [6, 6.07) is 82.0. The van der Waals surface area contributed by atoms with Gasteiger partial charge in [0.05, 0.1) is 49.2 Å². The maximum atomic E-state index is 5.56. The third-order valence-electron chi connectivity index (χ3n) is 14.1. The summed E-state index contributed by atoms with van der Waals surface area (Å²) in [6.07, 6.45) is 0. The number of benzene rings is 10. The molecule has 0 aliphatic heterocycles. The van der Waals surface area contributed by atoms with Crippen molar-refractivity contribution in [2.75, 3.05) is 0 Å². The number of fused-ring (bicyclic) bond motifs is 11. The highest BCUT2D eigenvalue weighted by atomic mass is 32.1. The van der Waals surface area contributed by atoms with E-state index in [1.54, 1.807) is 11.3 Å². The molecule has 71 heavy (non-hydrogen) atoms. The monoisotopic (exact) mass is 922 g/mol. The minimum atomic E-state index is 0.625. The van der Waals surface area contributed by atoms with E-state index in [2.05, 4.69) is 240 Å². The summed E-state index contributed by atoms with van der Waals surface area (Å²) in [6.45, 7) is 0. The van der Waals surface area contributed by atoms with Crippen LogP contribution in [0.1, 0.15) is 0 Å². The second-order valence-corrected chi connectivity index (χ2v) is 19.2. The molecule has 0 spiro atoms. The average molecular weight is 923 g/mol. The quantitative estimate of drug-likeness (QED) is 0.156. The number of para-hydroxylation sites is 2. The van der Waals surface area contributed by atoms with Crippen molar-refractivity contribution in [2.24, 2.45) is 0 Å². The zero-order chi connectivity index (χ0) is 46.6. The van der Waals surface area contributed by atoms with Crippen LogP contribution in [-0.2, 0) is 0 Å². The van der Waals surface area contributed by atoms with Crippen LogP contribution < -0.4 is 0 Å². The molecule has 0 aliphatic carbocycles. The fourth-order valence-corrected chi connectivity index (χ4v) is 12.0. The second kappa shape index (κ2) is 15.6. The Kier molecular flexibility index (Phi) is 8.73. The molecule has 0 amide bonds. The SMILES string of the molecule is c1ccc(-c2cc3nc(-n4c5ccc(-c6cccc7c8ccccc8n(-c8nc(-c9ccccc9)c9c(ccc%10ccccc%109)n8)c67)cc5c5cc6ccccc6cc54)nc(-c4ccccc4)c3s2)cc1. The first-order valence-electron chi connectivity index (χ1n) is 23.9. The number of hydrogen-bond acceptors (Lipinski definition) is 5. The van der Waals surface area contributed by atoms with Crippen molar-refractivity contribution < 1.29 is 0 Å². The van der Waals surface area contributed by atoms with Gasteiger partial charge in [0.2, 0.25) is 11.9 Å². The Hall–Kier alpha value is -9.30. The van der Waals surface area contributed by atoms with Crippen molar-refractivity contribution in [3.63, 3.8) is 0 Å². The number of nitrogens with zero attached hydrogens (tertiary/aromatic N) is 6. The van der Waals surface area contributed by atoms with Gasteiger partial charge in [-0.05, 0) is 75.1 Å². The first-order valence-corrected chi connectivity index (χ1v) is 24.7. The van der Waals surface area contributed by atoms with Crippen LogP contribution in [-0.4, -0.2) is 29.1 Å². The largest absolute Gasteiger partial charge is 0.278 e. The van der Waals surface area contributed by atoms with Crippen molar-refractivity contribution >= 4 is 97.6 Å². The molecule has 15 rings (SSSR count). The van der Waals surface area contributed by atoms with Gasteiger partial charge in [0.25, 0.3) is 0 Å². The van der Waals surface area contributed by atoms with Gasteiger partial charge in [-0.1, -0.05) is 188 Å². The molecular weight excluding hydrogens is 885 g/mol. The summed E-state index contributed by atoms with van der Waals surface area (Å²) in [4.78, 5) is 23.1. The van der Waals surface area contributed by atoms with E-state index in [0.29, 0.717) is 11.9 Å². The van der Waals surface area contributed by atoms with E-state index in [0.717, 1.165) is 119 Å². The maximum absolute atomic E-state index is 5.56. The first kappa shape index (κ1) is 39.7. The lowest BCUT2D eigenvalue weighted by Gasteiger charge is -2.15. The molecule has 0 bridgehead atoms. The molecule has 0 saturated heterocycles. The Morgan fingerprint density at radius 3 is 1.70 bits per heavy atom. The predicted molar refractivity (Wildman–Crippen MR) is 296 cm³/mol. The number of hydrogen-bond donors (Lipinski definition) is 0. The Bertz CT molecular complexity index is 4630. The lowest BCUT2D eigenvalue weighted by Crippen LogP contribution is -2.04. The molecule has 0 N–H and O–H groups in total. The fourth-order valence-electron chi connectivity index (χ4n) is 10.9. The lowest BCUT2D eigenvalue weighted by atomic mass is 9.99. The van der Waals surface area contributed by atoms with Crippen molar-refractivity contribution in [3.8, 4) is 56.0 Å². The molecule has 7 heteroatoms. The van der Waals surface area contributed by atoms with Gasteiger partial charge in [-0.15, -0.1) is 11.3 Å². The number of rotatable bonds is 6. The minimum absolute atomic E-state index is 0.625. The van der Waals surface area contributed by atoms with Gasteiger partial charge < -0.3 is 0 Å². The van der Waals surface area contributed by atoms with Crippen molar-refractivity contribution in [3.05, 3.63) is 231 Å². The van der Waals surface area contributed by atoms with Gasteiger partial charge in [0.15, 0.2) is 0 Å². The van der Waals surface area contributed by atoms with E-state index < -0.39 is 0 Å². The molecule has 330 valence electrons. The summed E-state index contributed by atoms with van der Waals surface area (Å²) >= 11 is 1.74. The maximum Gasteiger partial charge on any atom is 0.235 e. The van der Waals surface area contributed by atoms with Gasteiger partial charge >= 0.3 is 0 Å². The van der Waals surface area contributed by atoms with Gasteiger partial charge in [-0.2, -0.15) is 0 Å². The van der Waals surface area contributed by atoms with E-state index in [9.17, 15) is 0 Å². The van der Waals surface area contributed by atoms with E-state index in [1.165, 1.54) is 10.9 Å². The third-order valence-corrected chi connectivity index (χ3v) is 15.3. The molecule has 15 aromatic rings. The molecule has 10 aromatic carbocycles. The summed E-state index contributed by atoms with van der Waals surface area (Å²) < 4.78 is 5.61. The Morgan fingerprint density at radius 1 is 0.324 bits per heavy atom. The predicted octanol–water partition coefficient (Wildman–Crippen LogP) is 16.8. The number of thiophene rings is 1. The molecule has 0 radical (unpaired) electrons. The van der Waals surface area contributed by atoms with Gasteiger partial charge in [0, 0.05) is 48.5 Å². The third kappa shape index (κ3) is 6.20. The van der Waals surface area contributed by atoms with Crippen molar-refractivity contribution in [1.29, 1.82) is 0 Å². The minimum Gasteiger partial charge on any atom is -0.278 e. The second-order valence-electron chi connectivity index (χ2n) is 18.2. The van der Waals surface area contributed by atoms with Crippen LogP contribution in [0.25, 0.3) is 142 Å². The lowest BCUT2D eigenvalue weighted by molar-refractivity contribution is 1.01. The van der Waals surface area contributed by atoms with E-state index in [1.807, 2.05) is 0 Å². The molecule has 5 heterocycles. The molecule has 6 nitrogen and oxygen atoms in total. The molecule has 0 aliphatic rings. The van der Waals surface area contributed by atoms with Crippen LogP contribution in [0.5, 0.6) is 0 Å². The molecule has 5 aromatic heterocycles. The van der Waals surface area contributed by atoms with E-state index in [4.69, 9.17) is 19.9 Å². The fraction of sp³-hybridized carbons (Fsp3) is 0. The summed E-state index contributed by atoms with van der Waals surface area (Å²) in [5.74, 6) is 1.26. The highest BCUT2D eigenvalue weighted by Gasteiger charge is 2.24. The Balaban J connectivity index is 0.993. The molecule has 0 atom stereocenters. The molecular formula is C64H38N6S. The van der Waals surface area contributed by atoms with Crippen LogP contribution in [0.3, 0.4) is 0 Å². The number of aromatic nitrogens is 6. The molecule has 0 saturated carbocycles. The summed E-state index contributed by atoms with van der Waals surface area (Å²) in [7, 11) is 0. The first-order chi connectivity index (χ1) is 35.2. The molecule has 0 unspecified atom stereocenters. The van der Waals surface area contributed by atoms with E-state index in [-0.39, 0.29) is 0 Å². The van der Waals surface area contributed by atoms with Crippen LogP contribution in [0.2, 0.25) is 0 Å². The highest BCUT2D eigenvalue weighted by molar-refractivity contribution is 7.22. The summed E-state index contributed by atoms with van der Waals surface area (Å²) in [5.41, 5.74) is 13.2. The smallest absolute Gasteiger partial charge is 0.235 e. The standard InChI is InChI=1S/C64H38N6S/c1-4-18-40(19-5-1)57-38-53-62(71-57)60(42-22-8-3-9-23-42)68-63(66-53)69-55-34-32-45(36-50(55)51-35-43-24-10-11-25-44(43)37-56(51)69)47-28-16-29-49-48-27-14-15-30-54(48)70(61(47)49)64-65-52-33-31-39-17-12-13-26-46(39)58(52)59(67-64)41-20-6-2-7-21-41/h1-38H. The van der Waals surface area contributed by atoms with Crippen LogP contribution >= 0.6 is 11.3 Å². The normalized spacial score (nSPS) is 11.9. The molecule has 0 fully saturated rings. The summed E-state index contributed by atoms with van der Waals surface area (Å²) in [5, 5.41) is 10.2. The highest BCUT2D eigenvalue weighted by Crippen LogP contribution is 2.44. The van der Waals surface area contributed by atoms with Crippen LogP contribution in [0.4, 0.5) is 0 Å². The van der Waals surface area contributed by atoms with E-state index >= 15 is 0 Å². The Morgan fingerprint density at radius 2 is 0.915 bits per heavy atom. The zero-order valence-corrected chi connectivity index (χ0v) is 38.8. The van der Waals surface area contributed by atoms with Gasteiger partial charge in [0.1, 0.15) is 0 Å². The zero-order valence-electron chi connectivity index (χ0n) is 38.0. The van der Waals surface area contributed by atoms with Gasteiger partial charge in [-0.3, -0.25) is 9.13 Å². The van der Waals surface area contributed by atoms with Crippen molar-refractivity contribution in [2.45, 2.75) is 0 Å².